The van der Waals surface area contributed by atoms with Crippen molar-refractivity contribution < 1.29 is 24.3 Å². The van der Waals surface area contributed by atoms with Gasteiger partial charge in [0.25, 0.3) is 11.8 Å². The van der Waals surface area contributed by atoms with E-state index >= 15 is 0 Å². The van der Waals surface area contributed by atoms with Gasteiger partial charge in [0.2, 0.25) is 11.8 Å². The fraction of sp³-hybridized carbons (Fsp3) is 0.474. The van der Waals surface area contributed by atoms with E-state index in [9.17, 15) is 24.3 Å². The minimum absolute atomic E-state index is 0.102. The third-order valence-electron chi connectivity index (χ3n) is 11.9. The van der Waals surface area contributed by atoms with E-state index < -0.39 is 23.8 Å². The SMILES string of the molecule is O=C1CCC(N2C(=O)c3ccc(N4CCN(CCN5CCC(N6CCN7c8cc(-c9ccccc9O)nnc8NC[C@H]7C6)C5)CC4)cc3C2=O)C(=O)N1. The van der Waals surface area contributed by atoms with E-state index in [0.29, 0.717) is 34.5 Å². The van der Waals surface area contributed by atoms with Gasteiger partial charge in [0.1, 0.15) is 11.8 Å². The molecule has 276 valence electrons. The molecule has 0 bridgehead atoms. The Morgan fingerprint density at radius 2 is 1.57 bits per heavy atom. The molecule has 15 heteroatoms. The molecule has 6 aliphatic rings. The maximum absolute atomic E-state index is 13.3. The average Bonchev–Trinajstić information content (AvgIpc) is 3.76. The van der Waals surface area contributed by atoms with Crippen molar-refractivity contribution in [3.8, 4) is 17.0 Å². The number of carbonyl (C=O) groups excluding carboxylic acids is 4. The number of phenolic OH excluding ortho intramolecular Hbond substituents is 1. The minimum atomic E-state index is -0.960. The van der Waals surface area contributed by atoms with Crippen molar-refractivity contribution in [1.29, 1.82) is 0 Å². The van der Waals surface area contributed by atoms with E-state index in [0.717, 1.165) is 101 Å². The van der Waals surface area contributed by atoms with Crippen molar-refractivity contribution in [1.82, 2.24) is 35.1 Å². The third-order valence-corrected chi connectivity index (χ3v) is 11.9. The van der Waals surface area contributed by atoms with Crippen LogP contribution in [0.4, 0.5) is 17.2 Å². The van der Waals surface area contributed by atoms with Crippen LogP contribution in [-0.4, -0.2) is 155 Å². The number of benzene rings is 2. The lowest BCUT2D eigenvalue weighted by molar-refractivity contribution is -0.136. The molecular weight excluding hydrogens is 676 g/mol. The summed E-state index contributed by atoms with van der Waals surface area (Å²) in [5.74, 6) is -0.919. The highest BCUT2D eigenvalue weighted by molar-refractivity contribution is 6.23. The number of aromatic nitrogens is 2. The summed E-state index contributed by atoms with van der Waals surface area (Å²) in [7, 11) is 0. The molecule has 2 aromatic carbocycles. The zero-order chi connectivity index (χ0) is 36.2. The Labute approximate surface area is 307 Å². The molecule has 2 unspecified atom stereocenters. The second-order valence-electron chi connectivity index (χ2n) is 15.0. The summed E-state index contributed by atoms with van der Waals surface area (Å²) < 4.78 is 0. The van der Waals surface area contributed by atoms with E-state index in [2.05, 4.69) is 51.4 Å². The van der Waals surface area contributed by atoms with Gasteiger partial charge in [-0.25, -0.2) is 0 Å². The van der Waals surface area contributed by atoms with Crippen LogP contribution in [0.2, 0.25) is 0 Å². The van der Waals surface area contributed by atoms with Gasteiger partial charge in [0.15, 0.2) is 5.82 Å². The molecule has 9 rings (SSSR count). The number of nitrogens with one attached hydrogen (secondary N) is 2. The van der Waals surface area contributed by atoms with E-state index in [1.165, 1.54) is 6.42 Å². The van der Waals surface area contributed by atoms with Gasteiger partial charge in [-0.05, 0) is 55.8 Å². The Hall–Kier alpha value is -5.12. The summed E-state index contributed by atoms with van der Waals surface area (Å²) in [4.78, 5) is 64.0. The van der Waals surface area contributed by atoms with Crippen molar-refractivity contribution >= 4 is 40.8 Å². The van der Waals surface area contributed by atoms with Gasteiger partial charge in [-0.15, -0.1) is 10.2 Å². The van der Waals surface area contributed by atoms with Crippen LogP contribution in [0.1, 0.15) is 40.0 Å². The Morgan fingerprint density at radius 1 is 0.755 bits per heavy atom. The van der Waals surface area contributed by atoms with Crippen molar-refractivity contribution in [3.63, 3.8) is 0 Å². The zero-order valence-electron chi connectivity index (χ0n) is 29.6. The number of piperazine rings is 2. The number of likely N-dealkylation sites (tertiary alicyclic amines) is 1. The van der Waals surface area contributed by atoms with Crippen molar-refractivity contribution in [2.45, 2.75) is 37.4 Å². The number of para-hydroxylation sites is 1. The summed E-state index contributed by atoms with van der Waals surface area (Å²) in [6.45, 7) is 11.5. The molecule has 4 saturated heterocycles. The first kappa shape index (κ1) is 33.7. The van der Waals surface area contributed by atoms with Crippen LogP contribution in [0.5, 0.6) is 5.75 Å². The smallest absolute Gasteiger partial charge is 0.262 e. The number of hydrogen-bond acceptors (Lipinski definition) is 13. The second kappa shape index (κ2) is 13.7. The topological polar surface area (TPSA) is 158 Å². The molecule has 3 aromatic rings. The lowest BCUT2D eigenvalue weighted by Gasteiger charge is -2.47. The van der Waals surface area contributed by atoms with Gasteiger partial charge in [-0.2, -0.15) is 0 Å². The van der Waals surface area contributed by atoms with Gasteiger partial charge >= 0.3 is 0 Å². The predicted octanol–water partition coefficient (Wildman–Crippen LogP) is 1.06. The number of amides is 4. The summed E-state index contributed by atoms with van der Waals surface area (Å²) in [6, 6.07) is 14.6. The van der Waals surface area contributed by atoms with Crippen molar-refractivity contribution in [3.05, 3.63) is 59.7 Å². The third kappa shape index (κ3) is 6.25. The van der Waals surface area contributed by atoms with Crippen LogP contribution in [-0.2, 0) is 9.59 Å². The molecule has 3 N–H and O–H groups in total. The number of imide groups is 2. The Morgan fingerprint density at radius 3 is 2.40 bits per heavy atom. The number of aromatic hydroxyl groups is 1. The number of piperidine rings is 1. The first-order chi connectivity index (χ1) is 25.8. The molecule has 3 atom stereocenters. The molecule has 7 heterocycles. The quantitative estimate of drug-likeness (QED) is 0.298. The van der Waals surface area contributed by atoms with Crippen molar-refractivity contribution in [2.75, 3.05) is 93.7 Å². The first-order valence-electron chi connectivity index (χ1n) is 18.8. The number of nitrogens with zero attached hydrogens (tertiary/aromatic N) is 8. The number of rotatable bonds is 7. The Balaban J connectivity index is 0.749. The highest BCUT2D eigenvalue weighted by atomic mass is 16.3. The highest BCUT2D eigenvalue weighted by Gasteiger charge is 2.45. The van der Waals surface area contributed by atoms with E-state index in [1.807, 2.05) is 24.3 Å². The van der Waals surface area contributed by atoms with Gasteiger partial charge < -0.3 is 25.1 Å². The standard InChI is InChI=1S/C38H44N10O5/c49-33-4-2-1-3-28(33)30-20-32-35(42-41-30)39-21-26-23-46(17-18-47(26)32)25-9-10-44(22-25)12-11-43-13-15-45(16-14-43)24-5-6-27-29(19-24)38(53)48(37(27)52)31-7-8-34(50)40-36(31)51/h1-6,19-20,25-26,31,49H,7-18,21-23H2,(H,39,42)(H,40,50,51)/t25?,26-,31?/m0/s1. The van der Waals surface area contributed by atoms with E-state index in [1.54, 1.807) is 18.2 Å². The lowest BCUT2D eigenvalue weighted by atomic mass is 10.0. The Kier molecular flexibility index (Phi) is 8.71. The number of phenols is 1. The lowest BCUT2D eigenvalue weighted by Crippen LogP contribution is -2.60. The van der Waals surface area contributed by atoms with E-state index in [4.69, 9.17) is 0 Å². The van der Waals surface area contributed by atoms with Crippen LogP contribution in [0.25, 0.3) is 11.3 Å². The van der Waals surface area contributed by atoms with Gasteiger partial charge in [0.05, 0.1) is 28.6 Å². The van der Waals surface area contributed by atoms with Crippen molar-refractivity contribution in [2.24, 2.45) is 0 Å². The average molecular weight is 721 g/mol. The zero-order valence-corrected chi connectivity index (χ0v) is 29.6. The highest BCUT2D eigenvalue weighted by Crippen LogP contribution is 2.37. The van der Waals surface area contributed by atoms with Gasteiger partial charge in [-0.3, -0.25) is 39.2 Å². The first-order valence-corrected chi connectivity index (χ1v) is 18.8. The predicted molar refractivity (Wildman–Crippen MR) is 197 cm³/mol. The summed E-state index contributed by atoms with van der Waals surface area (Å²) in [6.07, 6.45) is 1.42. The molecule has 0 saturated carbocycles. The van der Waals surface area contributed by atoms with Gasteiger partial charge in [-0.1, -0.05) is 12.1 Å². The normalized spacial score (nSPS) is 25.3. The Bertz CT molecular complexity index is 1970. The molecular formula is C38H44N10O5. The number of anilines is 3. The number of hydrogen-bond donors (Lipinski definition) is 3. The summed E-state index contributed by atoms with van der Waals surface area (Å²) >= 11 is 0. The fourth-order valence-corrected chi connectivity index (χ4v) is 8.95. The van der Waals surface area contributed by atoms with Crippen LogP contribution in [0.3, 0.4) is 0 Å². The maximum Gasteiger partial charge on any atom is 0.262 e. The van der Waals surface area contributed by atoms with Crippen LogP contribution in [0.15, 0.2) is 48.5 Å². The summed E-state index contributed by atoms with van der Waals surface area (Å²) in [5.41, 5.74) is 3.95. The molecule has 6 aliphatic heterocycles. The van der Waals surface area contributed by atoms with Crippen LogP contribution >= 0.6 is 0 Å². The molecule has 0 spiro atoms. The van der Waals surface area contributed by atoms with Crippen LogP contribution < -0.4 is 20.4 Å². The number of carbonyl (C=O) groups is 4. The molecule has 53 heavy (non-hydrogen) atoms. The maximum atomic E-state index is 13.3. The van der Waals surface area contributed by atoms with Gasteiger partial charge in [0, 0.05) is 95.7 Å². The molecule has 4 amide bonds. The monoisotopic (exact) mass is 720 g/mol. The summed E-state index contributed by atoms with van der Waals surface area (Å²) in [5, 5.41) is 25.0. The molecule has 1 aromatic heterocycles. The van der Waals surface area contributed by atoms with E-state index in [-0.39, 0.29) is 24.5 Å². The second-order valence-corrected chi connectivity index (χ2v) is 15.0. The fourth-order valence-electron chi connectivity index (χ4n) is 8.95. The molecule has 4 fully saturated rings. The largest absolute Gasteiger partial charge is 0.507 e. The molecule has 0 radical (unpaired) electrons. The number of fused-ring (bicyclic) bond motifs is 4. The molecule has 0 aliphatic carbocycles. The van der Waals surface area contributed by atoms with Crippen LogP contribution in [0, 0.1) is 0 Å². The molecule has 15 nitrogen and oxygen atoms in total. The minimum Gasteiger partial charge on any atom is -0.507 e.